The maximum Gasteiger partial charge on any atom is 0.322 e. The molecule has 18 heavy (non-hydrogen) atoms. The maximum atomic E-state index is 11.8. The molecule has 0 bridgehead atoms. The molecule has 1 fully saturated rings. The monoisotopic (exact) mass is 257 g/mol. The van der Waals surface area contributed by atoms with Crippen molar-refractivity contribution in [2.45, 2.75) is 32.9 Å². The quantitative estimate of drug-likeness (QED) is 0.619. The summed E-state index contributed by atoms with van der Waals surface area (Å²) >= 11 is 0. The SMILES string of the molecule is CC(C)C(C)NC(=O)CN1CCNCC1C(=O)O. The van der Waals surface area contributed by atoms with Crippen molar-refractivity contribution >= 4 is 11.9 Å². The topological polar surface area (TPSA) is 81.7 Å². The number of amides is 1. The molecule has 0 aromatic rings. The lowest BCUT2D eigenvalue weighted by molar-refractivity contribution is -0.144. The summed E-state index contributed by atoms with van der Waals surface area (Å²) in [5.41, 5.74) is 0. The number of piperazine rings is 1. The van der Waals surface area contributed by atoms with Crippen LogP contribution < -0.4 is 10.6 Å². The summed E-state index contributed by atoms with van der Waals surface area (Å²) < 4.78 is 0. The Morgan fingerprint density at radius 3 is 2.67 bits per heavy atom. The summed E-state index contributed by atoms with van der Waals surface area (Å²) in [5, 5.41) is 15.0. The lowest BCUT2D eigenvalue weighted by Gasteiger charge is -2.33. The zero-order valence-electron chi connectivity index (χ0n) is 11.3. The Balaban J connectivity index is 2.48. The Morgan fingerprint density at radius 2 is 2.11 bits per heavy atom. The standard InChI is InChI=1S/C12H23N3O3/c1-8(2)9(3)14-11(16)7-15-5-4-13-6-10(15)12(17)18/h8-10,13H,4-7H2,1-3H3,(H,14,16)(H,17,18). The second-order valence-electron chi connectivity index (χ2n) is 5.13. The fourth-order valence-electron chi connectivity index (χ4n) is 1.83. The third-order valence-corrected chi connectivity index (χ3v) is 3.37. The van der Waals surface area contributed by atoms with Gasteiger partial charge in [0.05, 0.1) is 6.54 Å². The van der Waals surface area contributed by atoms with Gasteiger partial charge in [-0.3, -0.25) is 14.5 Å². The summed E-state index contributed by atoms with van der Waals surface area (Å²) in [6.07, 6.45) is 0. The molecule has 0 spiro atoms. The molecule has 0 radical (unpaired) electrons. The molecule has 0 aromatic carbocycles. The molecule has 6 nitrogen and oxygen atoms in total. The number of carbonyl (C=O) groups excluding carboxylic acids is 1. The molecule has 1 amide bonds. The molecule has 1 aliphatic rings. The molecule has 1 heterocycles. The van der Waals surface area contributed by atoms with E-state index in [1.54, 1.807) is 4.90 Å². The maximum absolute atomic E-state index is 11.8. The molecule has 2 unspecified atom stereocenters. The first-order chi connectivity index (χ1) is 8.41. The zero-order chi connectivity index (χ0) is 13.7. The first-order valence-corrected chi connectivity index (χ1v) is 6.38. The number of carbonyl (C=O) groups is 2. The van der Waals surface area contributed by atoms with Gasteiger partial charge in [0, 0.05) is 25.7 Å². The number of nitrogens with zero attached hydrogens (tertiary/aromatic N) is 1. The van der Waals surface area contributed by atoms with E-state index in [9.17, 15) is 9.59 Å². The van der Waals surface area contributed by atoms with Gasteiger partial charge in [-0.05, 0) is 12.8 Å². The van der Waals surface area contributed by atoms with Crippen LogP contribution in [0.5, 0.6) is 0 Å². The molecule has 104 valence electrons. The van der Waals surface area contributed by atoms with E-state index in [4.69, 9.17) is 5.11 Å². The lowest BCUT2D eigenvalue weighted by atomic mass is 10.1. The summed E-state index contributed by atoms with van der Waals surface area (Å²) in [6.45, 7) is 7.87. The highest BCUT2D eigenvalue weighted by Gasteiger charge is 2.29. The molecule has 0 aliphatic carbocycles. The second kappa shape index (κ2) is 6.70. The summed E-state index contributed by atoms with van der Waals surface area (Å²) in [6, 6.07) is -0.512. The molecular formula is C12H23N3O3. The highest BCUT2D eigenvalue weighted by Crippen LogP contribution is 2.04. The Hall–Kier alpha value is -1.14. The Kier molecular flexibility index (Phi) is 5.55. The van der Waals surface area contributed by atoms with Crippen LogP contribution in [0.15, 0.2) is 0 Å². The van der Waals surface area contributed by atoms with Gasteiger partial charge < -0.3 is 15.7 Å². The highest BCUT2D eigenvalue weighted by molar-refractivity contribution is 5.80. The molecule has 1 rings (SSSR count). The van der Waals surface area contributed by atoms with Gasteiger partial charge >= 0.3 is 5.97 Å². The van der Waals surface area contributed by atoms with Crippen LogP contribution in [0.4, 0.5) is 0 Å². The third-order valence-electron chi connectivity index (χ3n) is 3.37. The normalized spacial score (nSPS) is 22.8. The predicted molar refractivity (Wildman–Crippen MR) is 68.3 cm³/mol. The number of carboxylic acids is 1. The number of hydrogen-bond donors (Lipinski definition) is 3. The van der Waals surface area contributed by atoms with Crippen LogP contribution >= 0.6 is 0 Å². The Bertz CT molecular complexity index is 307. The predicted octanol–water partition coefficient (Wildman–Crippen LogP) is -0.494. The van der Waals surface area contributed by atoms with Crippen LogP contribution in [0, 0.1) is 5.92 Å². The number of carboxylic acid groups (broad SMARTS) is 1. The molecule has 3 N–H and O–H groups in total. The van der Waals surface area contributed by atoms with Gasteiger partial charge in [0.1, 0.15) is 6.04 Å². The molecule has 1 aliphatic heterocycles. The first kappa shape index (κ1) is 14.9. The molecule has 2 atom stereocenters. The van der Waals surface area contributed by atoms with Gasteiger partial charge in [-0.2, -0.15) is 0 Å². The van der Waals surface area contributed by atoms with E-state index < -0.39 is 12.0 Å². The minimum atomic E-state index is -0.882. The van der Waals surface area contributed by atoms with Gasteiger partial charge in [0.2, 0.25) is 5.91 Å². The molecule has 0 aromatic heterocycles. The Morgan fingerprint density at radius 1 is 1.44 bits per heavy atom. The average Bonchev–Trinajstić information content (AvgIpc) is 2.28. The summed E-state index contributed by atoms with van der Waals surface area (Å²) in [4.78, 5) is 24.6. The second-order valence-corrected chi connectivity index (χ2v) is 5.13. The van der Waals surface area contributed by atoms with Crippen LogP contribution in [0.2, 0.25) is 0 Å². The smallest absolute Gasteiger partial charge is 0.322 e. The number of rotatable bonds is 5. The van der Waals surface area contributed by atoms with Gasteiger partial charge in [-0.25, -0.2) is 0 Å². The largest absolute Gasteiger partial charge is 0.480 e. The zero-order valence-corrected chi connectivity index (χ0v) is 11.3. The molecule has 6 heteroatoms. The van der Waals surface area contributed by atoms with E-state index in [-0.39, 0.29) is 18.5 Å². The van der Waals surface area contributed by atoms with Gasteiger partial charge in [0.25, 0.3) is 0 Å². The van der Waals surface area contributed by atoms with E-state index in [1.165, 1.54) is 0 Å². The van der Waals surface area contributed by atoms with Crippen molar-refractivity contribution in [1.29, 1.82) is 0 Å². The average molecular weight is 257 g/mol. The number of nitrogens with one attached hydrogen (secondary N) is 2. The summed E-state index contributed by atoms with van der Waals surface area (Å²) in [5.74, 6) is -0.622. The van der Waals surface area contributed by atoms with Gasteiger partial charge in [-0.15, -0.1) is 0 Å². The van der Waals surface area contributed by atoms with E-state index >= 15 is 0 Å². The van der Waals surface area contributed by atoms with Crippen molar-refractivity contribution in [2.24, 2.45) is 5.92 Å². The van der Waals surface area contributed by atoms with Crippen molar-refractivity contribution < 1.29 is 14.7 Å². The van der Waals surface area contributed by atoms with Gasteiger partial charge in [-0.1, -0.05) is 13.8 Å². The fourth-order valence-corrected chi connectivity index (χ4v) is 1.83. The van der Waals surface area contributed by atoms with Crippen molar-refractivity contribution in [2.75, 3.05) is 26.2 Å². The van der Waals surface area contributed by atoms with Gasteiger partial charge in [0.15, 0.2) is 0 Å². The van der Waals surface area contributed by atoms with Crippen LogP contribution in [0.1, 0.15) is 20.8 Å². The highest BCUT2D eigenvalue weighted by atomic mass is 16.4. The Labute approximate surface area is 108 Å². The van der Waals surface area contributed by atoms with Crippen LogP contribution in [-0.2, 0) is 9.59 Å². The van der Waals surface area contributed by atoms with E-state index in [0.29, 0.717) is 19.0 Å². The summed E-state index contributed by atoms with van der Waals surface area (Å²) in [7, 11) is 0. The van der Waals surface area contributed by atoms with Crippen molar-refractivity contribution in [3.8, 4) is 0 Å². The first-order valence-electron chi connectivity index (χ1n) is 6.38. The number of hydrogen-bond acceptors (Lipinski definition) is 4. The van der Waals surface area contributed by atoms with Crippen LogP contribution in [-0.4, -0.2) is 60.1 Å². The molecule has 0 saturated carbocycles. The molecule has 1 saturated heterocycles. The van der Waals surface area contributed by atoms with E-state index in [2.05, 4.69) is 10.6 Å². The van der Waals surface area contributed by atoms with Crippen molar-refractivity contribution in [1.82, 2.24) is 15.5 Å². The van der Waals surface area contributed by atoms with E-state index in [1.807, 2.05) is 20.8 Å². The molecular weight excluding hydrogens is 234 g/mol. The van der Waals surface area contributed by atoms with Crippen LogP contribution in [0.3, 0.4) is 0 Å². The minimum Gasteiger partial charge on any atom is -0.480 e. The minimum absolute atomic E-state index is 0.101. The van der Waals surface area contributed by atoms with E-state index in [0.717, 1.165) is 6.54 Å². The van der Waals surface area contributed by atoms with Crippen molar-refractivity contribution in [3.05, 3.63) is 0 Å². The van der Waals surface area contributed by atoms with Crippen LogP contribution in [0.25, 0.3) is 0 Å². The van der Waals surface area contributed by atoms with Crippen molar-refractivity contribution in [3.63, 3.8) is 0 Å². The fraction of sp³-hybridized carbons (Fsp3) is 0.833. The lowest BCUT2D eigenvalue weighted by Crippen LogP contribution is -2.57. The number of aliphatic carboxylic acids is 1. The third kappa shape index (κ3) is 4.27.